The van der Waals surface area contributed by atoms with Crippen LogP contribution in [-0.4, -0.2) is 34.7 Å². The smallest absolute Gasteiger partial charge is 0.193 e. The fraction of sp³-hybridized carbons (Fsp3) is 0.312. The second-order valence-electron chi connectivity index (χ2n) is 5.20. The first-order valence-electron chi connectivity index (χ1n) is 7.11. The van der Waals surface area contributed by atoms with Gasteiger partial charge in [0.15, 0.2) is 5.96 Å². The standard InChI is InChI=1S/C16H19FN6.HI/c1-19-16(22(2)10-13-8-21-23(3)11-13)20-9-14-5-4-12(7-18)6-15(14)17;/h4-6,8,11H,9-10H2,1-3H3,(H,19,20);1H. The van der Waals surface area contributed by atoms with Gasteiger partial charge in [0.25, 0.3) is 0 Å². The fourth-order valence-electron chi connectivity index (χ4n) is 2.22. The van der Waals surface area contributed by atoms with Crippen LogP contribution in [0, 0.1) is 17.1 Å². The summed E-state index contributed by atoms with van der Waals surface area (Å²) in [6.07, 6.45) is 3.73. The molecule has 1 N–H and O–H groups in total. The van der Waals surface area contributed by atoms with E-state index in [2.05, 4.69) is 15.4 Å². The highest BCUT2D eigenvalue weighted by Gasteiger charge is 2.09. The average Bonchev–Trinajstić information content (AvgIpc) is 2.94. The molecule has 1 aromatic carbocycles. The van der Waals surface area contributed by atoms with Gasteiger partial charge in [-0.15, -0.1) is 24.0 Å². The molecule has 2 rings (SSSR count). The third kappa shape index (κ3) is 5.19. The molecule has 0 spiro atoms. The summed E-state index contributed by atoms with van der Waals surface area (Å²) < 4.78 is 15.6. The highest BCUT2D eigenvalue weighted by atomic mass is 127. The Morgan fingerprint density at radius 1 is 1.50 bits per heavy atom. The Hall–Kier alpha value is -2.15. The van der Waals surface area contributed by atoms with Crippen LogP contribution in [0.3, 0.4) is 0 Å². The maximum atomic E-state index is 13.9. The van der Waals surface area contributed by atoms with E-state index < -0.39 is 5.82 Å². The Balaban J connectivity index is 0.00000288. The van der Waals surface area contributed by atoms with E-state index in [0.29, 0.717) is 30.2 Å². The summed E-state index contributed by atoms with van der Waals surface area (Å²) in [6.45, 7) is 0.935. The Bertz CT molecular complexity index is 749. The van der Waals surface area contributed by atoms with Crippen molar-refractivity contribution in [1.82, 2.24) is 20.0 Å². The van der Waals surface area contributed by atoms with Crippen LogP contribution < -0.4 is 5.32 Å². The zero-order valence-corrected chi connectivity index (χ0v) is 16.2. The van der Waals surface area contributed by atoms with Gasteiger partial charge in [-0.2, -0.15) is 10.4 Å². The lowest BCUT2D eigenvalue weighted by Crippen LogP contribution is -2.38. The van der Waals surface area contributed by atoms with Crippen molar-refractivity contribution in [3.8, 4) is 6.07 Å². The first-order chi connectivity index (χ1) is 11.0. The molecule has 0 aliphatic rings. The van der Waals surface area contributed by atoms with Crippen molar-refractivity contribution in [2.45, 2.75) is 13.1 Å². The molecule has 6 nitrogen and oxygen atoms in total. The van der Waals surface area contributed by atoms with Crippen molar-refractivity contribution in [2.24, 2.45) is 12.0 Å². The van der Waals surface area contributed by atoms with Crippen LogP contribution in [0.25, 0.3) is 0 Å². The molecule has 0 unspecified atom stereocenters. The number of rotatable bonds is 4. The summed E-state index contributed by atoms with van der Waals surface area (Å²) in [5.74, 6) is 0.250. The first-order valence-corrected chi connectivity index (χ1v) is 7.11. The van der Waals surface area contributed by atoms with Gasteiger partial charge in [0.1, 0.15) is 5.82 Å². The predicted molar refractivity (Wildman–Crippen MR) is 101 cm³/mol. The second-order valence-corrected chi connectivity index (χ2v) is 5.20. The zero-order valence-electron chi connectivity index (χ0n) is 13.8. The van der Waals surface area contributed by atoms with Gasteiger partial charge < -0.3 is 10.2 Å². The SMILES string of the molecule is CN=C(NCc1ccc(C#N)cc1F)N(C)Cc1cnn(C)c1.I. The number of halogens is 2. The quantitative estimate of drug-likeness (QED) is 0.448. The minimum absolute atomic E-state index is 0. The molecule has 0 saturated heterocycles. The Morgan fingerprint density at radius 2 is 2.25 bits per heavy atom. The molecule has 128 valence electrons. The van der Waals surface area contributed by atoms with Gasteiger partial charge >= 0.3 is 0 Å². The second kappa shape index (κ2) is 9.22. The van der Waals surface area contributed by atoms with Gasteiger partial charge in [0.05, 0.1) is 17.8 Å². The number of hydrogen-bond donors (Lipinski definition) is 1. The van der Waals surface area contributed by atoms with Crippen LogP contribution >= 0.6 is 24.0 Å². The minimum Gasteiger partial charge on any atom is -0.352 e. The monoisotopic (exact) mass is 442 g/mol. The number of guanidine groups is 1. The van der Waals surface area contributed by atoms with E-state index >= 15 is 0 Å². The zero-order chi connectivity index (χ0) is 16.8. The van der Waals surface area contributed by atoms with Crippen molar-refractivity contribution in [2.75, 3.05) is 14.1 Å². The van der Waals surface area contributed by atoms with Gasteiger partial charge in [0.2, 0.25) is 0 Å². The Morgan fingerprint density at radius 3 is 2.79 bits per heavy atom. The van der Waals surface area contributed by atoms with Crippen LogP contribution in [0.5, 0.6) is 0 Å². The van der Waals surface area contributed by atoms with E-state index in [1.165, 1.54) is 6.07 Å². The van der Waals surface area contributed by atoms with Crippen LogP contribution in [0.4, 0.5) is 4.39 Å². The van der Waals surface area contributed by atoms with E-state index in [0.717, 1.165) is 5.56 Å². The molecule has 0 fully saturated rings. The number of nitrogens with zero attached hydrogens (tertiary/aromatic N) is 5. The molecule has 0 aliphatic carbocycles. The predicted octanol–water partition coefficient (Wildman–Crippen LogP) is 2.26. The summed E-state index contributed by atoms with van der Waals surface area (Å²) in [4.78, 5) is 6.13. The van der Waals surface area contributed by atoms with Gasteiger partial charge in [0, 0.05) is 51.6 Å². The molecule has 8 heteroatoms. The molecule has 0 radical (unpaired) electrons. The van der Waals surface area contributed by atoms with Crippen LogP contribution in [0.2, 0.25) is 0 Å². The third-order valence-electron chi connectivity index (χ3n) is 3.37. The highest BCUT2D eigenvalue weighted by Crippen LogP contribution is 2.10. The summed E-state index contributed by atoms with van der Waals surface area (Å²) in [5.41, 5.74) is 1.85. The Kier molecular flexibility index (Phi) is 7.64. The maximum Gasteiger partial charge on any atom is 0.193 e. The van der Waals surface area contributed by atoms with E-state index in [9.17, 15) is 4.39 Å². The molecule has 0 bridgehead atoms. The maximum absolute atomic E-state index is 13.9. The molecule has 0 amide bonds. The number of nitriles is 1. The largest absolute Gasteiger partial charge is 0.352 e. The summed E-state index contributed by atoms with van der Waals surface area (Å²) in [5, 5.41) is 16.0. The van der Waals surface area contributed by atoms with E-state index in [1.807, 2.05) is 31.3 Å². The number of aromatic nitrogens is 2. The van der Waals surface area contributed by atoms with Gasteiger partial charge in [-0.25, -0.2) is 4.39 Å². The number of aliphatic imine (C=N–C) groups is 1. The lowest BCUT2D eigenvalue weighted by Gasteiger charge is -2.21. The van der Waals surface area contributed by atoms with Crippen LogP contribution in [0.1, 0.15) is 16.7 Å². The molecular formula is C16H20FIN6. The normalized spacial score (nSPS) is 10.7. The summed E-state index contributed by atoms with van der Waals surface area (Å²) in [6, 6.07) is 6.36. The van der Waals surface area contributed by atoms with Gasteiger partial charge in [-0.1, -0.05) is 6.07 Å². The average molecular weight is 442 g/mol. The molecule has 2 aromatic rings. The summed E-state index contributed by atoms with van der Waals surface area (Å²) in [7, 11) is 5.44. The van der Waals surface area contributed by atoms with E-state index in [4.69, 9.17) is 5.26 Å². The lowest BCUT2D eigenvalue weighted by molar-refractivity contribution is 0.475. The molecule has 0 saturated carbocycles. The van der Waals surface area contributed by atoms with Gasteiger partial charge in [-0.05, 0) is 12.1 Å². The first kappa shape index (κ1) is 19.9. The molecule has 1 aromatic heterocycles. The van der Waals surface area contributed by atoms with Gasteiger partial charge in [-0.3, -0.25) is 9.67 Å². The molecule has 1 heterocycles. The van der Waals surface area contributed by atoms with Crippen LogP contribution in [0.15, 0.2) is 35.6 Å². The fourth-order valence-corrected chi connectivity index (χ4v) is 2.22. The minimum atomic E-state index is -0.401. The Labute approximate surface area is 158 Å². The van der Waals surface area contributed by atoms with Crippen molar-refractivity contribution in [1.29, 1.82) is 5.26 Å². The topological polar surface area (TPSA) is 69.2 Å². The summed E-state index contributed by atoms with van der Waals surface area (Å²) >= 11 is 0. The molecule has 0 aliphatic heterocycles. The van der Waals surface area contributed by atoms with Crippen molar-refractivity contribution in [3.05, 3.63) is 53.1 Å². The van der Waals surface area contributed by atoms with Crippen LogP contribution in [-0.2, 0) is 20.1 Å². The number of nitrogens with one attached hydrogen (secondary N) is 1. The molecule has 24 heavy (non-hydrogen) atoms. The van der Waals surface area contributed by atoms with Crippen molar-refractivity contribution in [3.63, 3.8) is 0 Å². The van der Waals surface area contributed by atoms with Crippen molar-refractivity contribution < 1.29 is 4.39 Å². The van der Waals surface area contributed by atoms with Crippen molar-refractivity contribution >= 4 is 29.9 Å². The highest BCUT2D eigenvalue weighted by molar-refractivity contribution is 14.0. The molecular weight excluding hydrogens is 422 g/mol. The number of hydrogen-bond acceptors (Lipinski definition) is 3. The van der Waals surface area contributed by atoms with E-state index in [-0.39, 0.29) is 24.0 Å². The number of aryl methyl sites for hydroxylation is 1. The third-order valence-corrected chi connectivity index (χ3v) is 3.37. The number of benzene rings is 1. The lowest BCUT2D eigenvalue weighted by atomic mass is 10.1. The molecule has 0 atom stereocenters. The van der Waals surface area contributed by atoms with E-state index in [1.54, 1.807) is 30.1 Å².